The van der Waals surface area contributed by atoms with Crippen LogP contribution in [0.1, 0.15) is 59.8 Å². The molecule has 7 heteroatoms. The summed E-state index contributed by atoms with van der Waals surface area (Å²) in [5.41, 5.74) is -0.516. The number of hydrogen-bond donors (Lipinski definition) is 1. The van der Waals surface area contributed by atoms with Crippen molar-refractivity contribution < 1.29 is 14.1 Å². The molecule has 1 aliphatic rings. The Labute approximate surface area is 132 Å². The Morgan fingerprint density at radius 2 is 1.91 bits per heavy atom. The van der Waals surface area contributed by atoms with Gasteiger partial charge in [-0.25, -0.2) is 4.79 Å². The molecule has 7 nitrogen and oxygen atoms in total. The number of carbonyl (C=O) groups is 1. The van der Waals surface area contributed by atoms with Crippen LogP contribution in [-0.2, 0) is 11.3 Å². The van der Waals surface area contributed by atoms with Crippen LogP contribution in [0, 0.1) is 0 Å². The molecule has 0 unspecified atom stereocenters. The molecule has 1 fully saturated rings. The SMILES string of the molecule is CC.CC(C)(C)OC(=O)NCc1nc(N2CCCCC2)no1. The van der Waals surface area contributed by atoms with Crippen molar-refractivity contribution in [2.24, 2.45) is 0 Å². The highest BCUT2D eigenvalue weighted by molar-refractivity contribution is 5.67. The summed E-state index contributed by atoms with van der Waals surface area (Å²) >= 11 is 0. The van der Waals surface area contributed by atoms with Gasteiger partial charge in [0.15, 0.2) is 0 Å². The number of carbonyl (C=O) groups excluding carboxylic acids is 1. The predicted octanol–water partition coefficient (Wildman–Crippen LogP) is 3.11. The van der Waals surface area contributed by atoms with E-state index < -0.39 is 11.7 Å². The summed E-state index contributed by atoms with van der Waals surface area (Å²) in [6, 6.07) is 0. The number of rotatable bonds is 3. The third-order valence-corrected chi connectivity index (χ3v) is 2.88. The summed E-state index contributed by atoms with van der Waals surface area (Å²) in [7, 11) is 0. The summed E-state index contributed by atoms with van der Waals surface area (Å²) in [6.07, 6.45) is 3.07. The van der Waals surface area contributed by atoms with E-state index in [0.717, 1.165) is 25.9 Å². The zero-order valence-electron chi connectivity index (χ0n) is 14.3. The third kappa shape index (κ3) is 6.32. The Morgan fingerprint density at radius 1 is 1.27 bits per heavy atom. The standard InChI is InChI=1S/C13H22N4O3.C2H6/c1-13(2,3)19-12(18)14-9-10-15-11(16-20-10)17-7-5-4-6-8-17;1-2/h4-9H2,1-3H3,(H,14,18);1-2H3. The van der Waals surface area contributed by atoms with Crippen LogP contribution in [-0.4, -0.2) is 34.9 Å². The Hall–Kier alpha value is -1.79. The lowest BCUT2D eigenvalue weighted by molar-refractivity contribution is 0.0518. The summed E-state index contributed by atoms with van der Waals surface area (Å²) < 4.78 is 10.3. The zero-order valence-corrected chi connectivity index (χ0v) is 14.3. The predicted molar refractivity (Wildman–Crippen MR) is 84.8 cm³/mol. The second-order valence-corrected chi connectivity index (χ2v) is 5.89. The molecule has 1 saturated heterocycles. The van der Waals surface area contributed by atoms with Crippen molar-refractivity contribution in [1.29, 1.82) is 0 Å². The number of alkyl carbamates (subject to hydrolysis) is 1. The highest BCUT2D eigenvalue weighted by Gasteiger charge is 2.19. The summed E-state index contributed by atoms with van der Waals surface area (Å²) in [5.74, 6) is 0.988. The van der Waals surface area contributed by atoms with Crippen LogP contribution >= 0.6 is 0 Å². The van der Waals surface area contributed by atoms with Crippen LogP contribution < -0.4 is 10.2 Å². The van der Waals surface area contributed by atoms with Crippen molar-refractivity contribution in [2.75, 3.05) is 18.0 Å². The fourth-order valence-electron chi connectivity index (χ4n) is 2.00. The van der Waals surface area contributed by atoms with E-state index in [1.807, 2.05) is 34.6 Å². The summed E-state index contributed by atoms with van der Waals surface area (Å²) in [6.45, 7) is 11.5. The third-order valence-electron chi connectivity index (χ3n) is 2.88. The maximum absolute atomic E-state index is 11.5. The van der Waals surface area contributed by atoms with Gasteiger partial charge in [-0.15, -0.1) is 0 Å². The molecule has 0 aromatic carbocycles. The van der Waals surface area contributed by atoms with Crippen LogP contribution in [0.2, 0.25) is 0 Å². The minimum atomic E-state index is -0.516. The smallest absolute Gasteiger partial charge is 0.408 e. The van der Waals surface area contributed by atoms with Crippen LogP contribution in [0.3, 0.4) is 0 Å². The first-order valence-electron chi connectivity index (χ1n) is 7.98. The van der Waals surface area contributed by atoms with Gasteiger partial charge in [-0.1, -0.05) is 13.8 Å². The van der Waals surface area contributed by atoms with Gasteiger partial charge >= 0.3 is 6.09 Å². The number of aromatic nitrogens is 2. The molecule has 0 bridgehead atoms. The molecule has 2 heterocycles. The van der Waals surface area contributed by atoms with Gasteiger partial charge in [0.05, 0.1) is 0 Å². The van der Waals surface area contributed by atoms with Gasteiger partial charge in [0, 0.05) is 13.1 Å². The molecule has 2 rings (SSSR count). The molecule has 0 radical (unpaired) electrons. The molecule has 126 valence electrons. The first-order chi connectivity index (χ1) is 10.4. The highest BCUT2D eigenvalue weighted by atomic mass is 16.6. The first kappa shape index (κ1) is 18.3. The molecule has 22 heavy (non-hydrogen) atoms. The van der Waals surface area contributed by atoms with Crippen molar-refractivity contribution in [3.05, 3.63) is 5.89 Å². The minimum absolute atomic E-state index is 0.176. The lowest BCUT2D eigenvalue weighted by atomic mass is 10.1. The Morgan fingerprint density at radius 3 is 2.50 bits per heavy atom. The molecule has 0 atom stereocenters. The van der Waals surface area contributed by atoms with Gasteiger partial charge < -0.3 is 19.5 Å². The Balaban J connectivity index is 0.00000116. The van der Waals surface area contributed by atoms with Crippen LogP contribution in [0.15, 0.2) is 4.52 Å². The number of nitrogens with one attached hydrogen (secondary N) is 1. The summed E-state index contributed by atoms with van der Waals surface area (Å²) in [4.78, 5) is 17.9. The van der Waals surface area contributed by atoms with Crippen LogP contribution in [0.4, 0.5) is 10.7 Å². The normalized spacial score (nSPS) is 14.9. The van der Waals surface area contributed by atoms with Gasteiger partial charge in [-0.2, -0.15) is 4.98 Å². The molecule has 1 amide bonds. The Kier molecular flexibility index (Phi) is 7.14. The Bertz CT molecular complexity index is 448. The van der Waals surface area contributed by atoms with E-state index in [-0.39, 0.29) is 6.54 Å². The van der Waals surface area contributed by atoms with Gasteiger partial charge in [0.25, 0.3) is 5.95 Å². The van der Waals surface area contributed by atoms with E-state index in [4.69, 9.17) is 9.26 Å². The fraction of sp³-hybridized carbons (Fsp3) is 0.800. The number of anilines is 1. The molecule has 0 aliphatic carbocycles. The molecule has 1 aromatic rings. The lowest BCUT2D eigenvalue weighted by Gasteiger charge is -2.24. The van der Waals surface area contributed by atoms with Crippen molar-refractivity contribution in [3.8, 4) is 0 Å². The fourth-order valence-corrected chi connectivity index (χ4v) is 2.00. The zero-order chi connectivity index (χ0) is 16.6. The second-order valence-electron chi connectivity index (χ2n) is 5.89. The van der Waals surface area contributed by atoms with E-state index in [1.54, 1.807) is 0 Å². The maximum atomic E-state index is 11.5. The monoisotopic (exact) mass is 312 g/mol. The average Bonchev–Trinajstić information content (AvgIpc) is 2.95. The van der Waals surface area contributed by atoms with Crippen molar-refractivity contribution in [1.82, 2.24) is 15.5 Å². The number of ether oxygens (including phenoxy) is 1. The van der Waals surface area contributed by atoms with Crippen molar-refractivity contribution >= 4 is 12.0 Å². The van der Waals surface area contributed by atoms with Gasteiger partial charge in [-0.3, -0.25) is 0 Å². The quantitative estimate of drug-likeness (QED) is 0.923. The molecule has 1 N–H and O–H groups in total. The molecular weight excluding hydrogens is 284 g/mol. The maximum Gasteiger partial charge on any atom is 0.408 e. The van der Waals surface area contributed by atoms with Crippen molar-refractivity contribution in [2.45, 2.75) is 66.0 Å². The minimum Gasteiger partial charge on any atom is -0.444 e. The van der Waals surface area contributed by atoms with E-state index in [0.29, 0.717) is 11.8 Å². The molecular formula is C15H28N4O3. The number of hydrogen-bond acceptors (Lipinski definition) is 6. The van der Waals surface area contributed by atoms with Gasteiger partial charge in [-0.05, 0) is 45.2 Å². The van der Waals surface area contributed by atoms with E-state index in [1.165, 1.54) is 6.42 Å². The van der Waals surface area contributed by atoms with Crippen molar-refractivity contribution in [3.63, 3.8) is 0 Å². The molecule has 1 aromatic heterocycles. The largest absolute Gasteiger partial charge is 0.444 e. The average molecular weight is 312 g/mol. The van der Waals surface area contributed by atoms with Crippen LogP contribution in [0.5, 0.6) is 0 Å². The summed E-state index contributed by atoms with van der Waals surface area (Å²) in [5, 5.41) is 6.54. The molecule has 0 saturated carbocycles. The second kappa shape index (κ2) is 8.60. The topological polar surface area (TPSA) is 80.5 Å². The van der Waals surface area contributed by atoms with Gasteiger partial charge in [0.2, 0.25) is 5.89 Å². The molecule has 0 spiro atoms. The number of piperidine rings is 1. The number of amides is 1. The number of nitrogens with zero attached hydrogens (tertiary/aromatic N) is 3. The molecule has 1 aliphatic heterocycles. The van der Waals surface area contributed by atoms with Gasteiger partial charge in [0.1, 0.15) is 12.1 Å². The highest BCUT2D eigenvalue weighted by Crippen LogP contribution is 2.16. The van der Waals surface area contributed by atoms with E-state index in [9.17, 15) is 4.79 Å². The lowest BCUT2D eigenvalue weighted by Crippen LogP contribution is -2.32. The van der Waals surface area contributed by atoms with Crippen LogP contribution in [0.25, 0.3) is 0 Å². The van der Waals surface area contributed by atoms with E-state index in [2.05, 4.69) is 20.4 Å². The van der Waals surface area contributed by atoms with E-state index >= 15 is 0 Å². The first-order valence-corrected chi connectivity index (χ1v) is 7.98.